The van der Waals surface area contributed by atoms with Crippen LogP contribution in [0, 0.1) is 0 Å². The maximum atomic E-state index is 13.6. The zero-order valence-electron chi connectivity index (χ0n) is 20.6. The predicted octanol–water partition coefficient (Wildman–Crippen LogP) is 4.09. The van der Waals surface area contributed by atoms with Crippen molar-refractivity contribution in [2.24, 2.45) is 5.73 Å². The average molecular weight is 485 g/mol. The van der Waals surface area contributed by atoms with Gasteiger partial charge in [-0.1, -0.05) is 6.07 Å². The smallest absolute Gasteiger partial charge is 0.414 e. The second-order valence-electron chi connectivity index (χ2n) is 10.6. The third-order valence-electron chi connectivity index (χ3n) is 7.16. The van der Waals surface area contributed by atoms with Crippen LogP contribution in [0.25, 0.3) is 17.0 Å². The summed E-state index contributed by atoms with van der Waals surface area (Å²) in [6.45, 7) is 6.73. The number of benzene rings is 2. The number of rotatable bonds is 2. The first-order valence-corrected chi connectivity index (χ1v) is 12.2. The number of amides is 3. The summed E-state index contributed by atoms with van der Waals surface area (Å²) in [4.78, 5) is 44.6. The number of carbonyl (C=O) groups is 3. The Kier molecular flexibility index (Phi) is 4.80. The summed E-state index contributed by atoms with van der Waals surface area (Å²) >= 11 is 0. The summed E-state index contributed by atoms with van der Waals surface area (Å²) in [6, 6.07) is 9.58. The normalized spacial score (nSPS) is 16.1. The summed E-state index contributed by atoms with van der Waals surface area (Å²) in [6.07, 6.45) is 3.67. The van der Waals surface area contributed by atoms with Gasteiger partial charge in [0.05, 0.1) is 5.69 Å². The van der Waals surface area contributed by atoms with Crippen LogP contribution in [0.2, 0.25) is 0 Å². The highest BCUT2D eigenvalue weighted by Crippen LogP contribution is 2.41. The number of H-pyrrole nitrogens is 1. The molecule has 36 heavy (non-hydrogen) atoms. The predicted molar refractivity (Wildman–Crippen MR) is 138 cm³/mol. The van der Waals surface area contributed by atoms with Gasteiger partial charge in [0.15, 0.2) is 0 Å². The van der Waals surface area contributed by atoms with Crippen molar-refractivity contribution >= 4 is 46.3 Å². The molecule has 3 aromatic rings. The molecule has 3 aliphatic rings. The van der Waals surface area contributed by atoms with Crippen molar-refractivity contribution < 1.29 is 19.1 Å². The Morgan fingerprint density at radius 1 is 0.972 bits per heavy atom. The molecule has 2 aliphatic heterocycles. The Hall–Kier alpha value is -4.07. The molecule has 0 bridgehead atoms. The number of nitrogens with zero attached hydrogens (tertiary/aromatic N) is 2. The number of primary amides is 1. The van der Waals surface area contributed by atoms with Gasteiger partial charge in [0.25, 0.3) is 11.8 Å². The fourth-order valence-electron chi connectivity index (χ4n) is 5.60. The Balaban J connectivity index is 1.29. The van der Waals surface area contributed by atoms with Gasteiger partial charge in [0, 0.05) is 41.7 Å². The molecule has 2 aromatic carbocycles. The monoisotopic (exact) mass is 484 g/mol. The number of carbonyl (C=O) groups excluding carboxylic acids is 3. The van der Waals surface area contributed by atoms with Gasteiger partial charge in [-0.05, 0) is 86.2 Å². The van der Waals surface area contributed by atoms with Gasteiger partial charge in [-0.2, -0.15) is 0 Å². The van der Waals surface area contributed by atoms with Gasteiger partial charge in [0.2, 0.25) is 0 Å². The molecule has 1 aliphatic carbocycles. The lowest BCUT2D eigenvalue weighted by Crippen LogP contribution is -2.35. The van der Waals surface area contributed by atoms with Crippen molar-refractivity contribution in [1.29, 1.82) is 0 Å². The van der Waals surface area contributed by atoms with Gasteiger partial charge in [-0.25, -0.2) is 4.79 Å². The Morgan fingerprint density at radius 2 is 1.67 bits per heavy atom. The van der Waals surface area contributed by atoms with Crippen LogP contribution >= 0.6 is 0 Å². The summed E-state index contributed by atoms with van der Waals surface area (Å²) in [5.74, 6) is -0.511. The lowest BCUT2D eigenvalue weighted by Gasteiger charge is -2.25. The molecule has 3 amide bonds. The SMILES string of the molecule is CC(C)(C)OC(=O)N1CCc2c1ccc1c2C=C(C(=O)N2CCc3c2ccc2[nH]c(C(N)=O)cc32)C1. The van der Waals surface area contributed by atoms with Crippen LogP contribution in [-0.2, 0) is 28.8 Å². The maximum absolute atomic E-state index is 13.6. The van der Waals surface area contributed by atoms with Crippen molar-refractivity contribution in [2.45, 2.75) is 45.6 Å². The van der Waals surface area contributed by atoms with E-state index in [1.165, 1.54) is 0 Å². The molecule has 8 heteroatoms. The second kappa shape index (κ2) is 7.71. The lowest BCUT2D eigenvalue weighted by atomic mass is 10.0. The maximum Gasteiger partial charge on any atom is 0.414 e. The third-order valence-corrected chi connectivity index (χ3v) is 7.16. The molecule has 8 nitrogen and oxygen atoms in total. The van der Waals surface area contributed by atoms with E-state index < -0.39 is 11.5 Å². The number of ether oxygens (including phenoxy) is 1. The molecule has 0 atom stereocenters. The summed E-state index contributed by atoms with van der Waals surface area (Å²) in [7, 11) is 0. The molecular formula is C28H28N4O4. The van der Waals surface area contributed by atoms with E-state index in [1.807, 2.05) is 56.0 Å². The number of anilines is 2. The minimum absolute atomic E-state index is 0.00861. The number of fused-ring (bicyclic) bond motifs is 6. The number of nitrogens with one attached hydrogen (secondary N) is 1. The second-order valence-corrected chi connectivity index (χ2v) is 10.6. The van der Waals surface area contributed by atoms with Crippen molar-refractivity contribution in [3.63, 3.8) is 0 Å². The van der Waals surface area contributed by atoms with Crippen molar-refractivity contribution in [2.75, 3.05) is 22.9 Å². The molecule has 0 radical (unpaired) electrons. The van der Waals surface area contributed by atoms with Gasteiger partial charge < -0.3 is 20.4 Å². The number of aromatic amines is 1. The zero-order chi connectivity index (χ0) is 25.4. The summed E-state index contributed by atoms with van der Waals surface area (Å²) in [5.41, 5.74) is 12.9. The van der Waals surface area contributed by atoms with E-state index in [2.05, 4.69) is 4.98 Å². The Morgan fingerprint density at radius 3 is 2.42 bits per heavy atom. The molecule has 1 aromatic heterocycles. The van der Waals surface area contributed by atoms with E-state index >= 15 is 0 Å². The topological polar surface area (TPSA) is 109 Å². The lowest BCUT2D eigenvalue weighted by molar-refractivity contribution is -0.115. The number of aromatic nitrogens is 1. The fraction of sp³-hybridized carbons (Fsp3) is 0.321. The molecule has 0 unspecified atom stereocenters. The highest BCUT2D eigenvalue weighted by molar-refractivity contribution is 6.12. The Labute approximate surface area is 208 Å². The summed E-state index contributed by atoms with van der Waals surface area (Å²) < 4.78 is 5.59. The van der Waals surface area contributed by atoms with E-state index in [0.717, 1.165) is 62.9 Å². The van der Waals surface area contributed by atoms with Gasteiger partial charge >= 0.3 is 6.09 Å². The molecule has 6 rings (SSSR count). The molecular weight excluding hydrogens is 456 g/mol. The molecule has 0 saturated heterocycles. The average Bonchev–Trinajstić information content (AvgIpc) is 3.59. The zero-order valence-corrected chi connectivity index (χ0v) is 20.6. The van der Waals surface area contributed by atoms with Crippen LogP contribution in [0.3, 0.4) is 0 Å². The molecule has 184 valence electrons. The standard InChI is InChI=1S/C28H28N4O4/c1-28(2,3)36-27(35)32-11-9-17-19-13-16(12-15(19)4-6-24(17)32)26(34)31-10-8-18-20-14-22(25(29)33)30-21(20)5-7-23(18)31/h4-7,13-14,30H,8-12H2,1-3H3,(H2,29,33). The minimum Gasteiger partial charge on any atom is -0.443 e. The summed E-state index contributed by atoms with van der Waals surface area (Å²) in [5, 5.41) is 0.931. The first-order valence-electron chi connectivity index (χ1n) is 12.2. The van der Waals surface area contributed by atoms with Crippen LogP contribution in [0.15, 0.2) is 35.9 Å². The van der Waals surface area contributed by atoms with E-state index in [9.17, 15) is 14.4 Å². The first-order chi connectivity index (χ1) is 17.1. The van der Waals surface area contributed by atoms with E-state index in [0.29, 0.717) is 25.2 Å². The van der Waals surface area contributed by atoms with Crippen molar-refractivity contribution in [1.82, 2.24) is 4.98 Å². The highest BCUT2D eigenvalue weighted by Gasteiger charge is 2.35. The van der Waals surface area contributed by atoms with Crippen LogP contribution in [0.4, 0.5) is 16.2 Å². The number of hydrogen-bond acceptors (Lipinski definition) is 4. The number of nitrogens with two attached hydrogens (primary N) is 1. The van der Waals surface area contributed by atoms with E-state index in [-0.39, 0.29) is 12.0 Å². The molecule has 0 saturated carbocycles. The van der Waals surface area contributed by atoms with Crippen LogP contribution in [0.5, 0.6) is 0 Å². The first kappa shape index (κ1) is 22.4. The number of hydrogen-bond donors (Lipinski definition) is 2. The molecule has 3 heterocycles. The highest BCUT2D eigenvalue weighted by atomic mass is 16.6. The van der Waals surface area contributed by atoms with Gasteiger partial charge in [-0.3, -0.25) is 14.5 Å². The largest absolute Gasteiger partial charge is 0.443 e. The minimum atomic E-state index is -0.560. The van der Waals surface area contributed by atoms with Crippen molar-refractivity contribution in [3.05, 3.63) is 63.9 Å². The molecule has 0 spiro atoms. The Bertz CT molecular complexity index is 1510. The van der Waals surface area contributed by atoms with Crippen molar-refractivity contribution in [3.8, 4) is 0 Å². The van der Waals surface area contributed by atoms with Crippen LogP contribution < -0.4 is 15.5 Å². The third kappa shape index (κ3) is 3.47. The van der Waals surface area contributed by atoms with E-state index in [1.54, 1.807) is 11.0 Å². The van der Waals surface area contributed by atoms with Gasteiger partial charge in [0.1, 0.15) is 11.3 Å². The molecule has 3 N–H and O–H groups in total. The van der Waals surface area contributed by atoms with Crippen LogP contribution in [0.1, 0.15) is 53.5 Å². The fourth-order valence-corrected chi connectivity index (χ4v) is 5.60. The van der Waals surface area contributed by atoms with Crippen LogP contribution in [-0.4, -0.2) is 41.6 Å². The van der Waals surface area contributed by atoms with E-state index in [4.69, 9.17) is 10.5 Å². The quantitative estimate of drug-likeness (QED) is 0.571. The molecule has 0 fully saturated rings. The van der Waals surface area contributed by atoms with Gasteiger partial charge in [-0.15, -0.1) is 0 Å².